The molecule has 1 fully saturated rings. The molecule has 0 amide bonds. The van der Waals surface area contributed by atoms with Crippen LogP contribution in [0.25, 0.3) is 10.9 Å². The van der Waals surface area contributed by atoms with Gasteiger partial charge in [0.05, 0.1) is 38.0 Å². The van der Waals surface area contributed by atoms with E-state index in [1.54, 1.807) is 0 Å². The number of hydrogen-bond donors (Lipinski definition) is 1. The molecule has 0 aliphatic carbocycles. The largest absolute Gasteiger partial charge is 0.369 e. The third-order valence-electron chi connectivity index (χ3n) is 4.49. The smallest absolute Gasteiger partial charge is 0.154 e. The maximum atomic E-state index is 6.12. The van der Waals surface area contributed by atoms with E-state index < -0.39 is 0 Å². The minimum Gasteiger partial charge on any atom is -0.369 e. The molecular formula is C15H20N3O2+. The van der Waals surface area contributed by atoms with Gasteiger partial charge in [-0.15, -0.1) is 0 Å². The van der Waals surface area contributed by atoms with Gasteiger partial charge in [-0.25, -0.2) is 0 Å². The lowest BCUT2D eigenvalue weighted by molar-refractivity contribution is -0.919. The molecule has 5 nitrogen and oxygen atoms in total. The number of fused-ring (bicyclic) bond motifs is 3. The van der Waals surface area contributed by atoms with E-state index in [2.05, 4.69) is 29.9 Å². The van der Waals surface area contributed by atoms with Gasteiger partial charge in [0.15, 0.2) is 6.10 Å². The minimum atomic E-state index is 0.0800. The first-order valence-electron chi connectivity index (χ1n) is 7.32. The van der Waals surface area contributed by atoms with Crippen LogP contribution < -0.4 is 4.90 Å². The maximum absolute atomic E-state index is 6.12. The molecule has 0 radical (unpaired) electrons. The van der Waals surface area contributed by atoms with Gasteiger partial charge >= 0.3 is 0 Å². The molecule has 1 aromatic heterocycles. The van der Waals surface area contributed by atoms with Crippen LogP contribution in [-0.4, -0.2) is 49.2 Å². The topological polar surface area (TPSA) is 40.7 Å². The van der Waals surface area contributed by atoms with Crippen molar-refractivity contribution in [3.63, 3.8) is 0 Å². The van der Waals surface area contributed by atoms with Crippen molar-refractivity contribution < 1.29 is 14.4 Å². The number of benzene rings is 1. The average molecular weight is 274 g/mol. The number of morpholine rings is 1. The summed E-state index contributed by atoms with van der Waals surface area (Å²) in [5.41, 5.74) is 2.29. The van der Waals surface area contributed by atoms with E-state index in [4.69, 9.17) is 14.6 Å². The summed E-state index contributed by atoms with van der Waals surface area (Å²) in [6.45, 7) is 4.21. The van der Waals surface area contributed by atoms with E-state index >= 15 is 0 Å². The third kappa shape index (κ3) is 1.85. The summed E-state index contributed by atoms with van der Waals surface area (Å²) in [5, 5.41) is 5.93. The van der Waals surface area contributed by atoms with Crippen molar-refractivity contribution in [1.29, 1.82) is 0 Å². The third-order valence-corrected chi connectivity index (χ3v) is 4.49. The number of likely N-dealkylation sites (N-methyl/N-ethyl adjacent to an activating group) is 1. The fourth-order valence-electron chi connectivity index (χ4n) is 3.34. The van der Waals surface area contributed by atoms with Gasteiger partial charge in [-0.2, -0.15) is 5.10 Å². The van der Waals surface area contributed by atoms with Crippen LogP contribution in [0.1, 0.15) is 11.8 Å². The lowest BCUT2D eigenvalue weighted by atomic mass is 10.0. The molecule has 20 heavy (non-hydrogen) atoms. The fraction of sp³-hybridized carbons (Fsp3) is 0.533. The summed E-state index contributed by atoms with van der Waals surface area (Å²) < 4.78 is 13.9. The molecule has 0 bridgehead atoms. The van der Waals surface area contributed by atoms with Crippen molar-refractivity contribution in [3.8, 4) is 0 Å². The van der Waals surface area contributed by atoms with Crippen LogP contribution in [0.3, 0.4) is 0 Å². The molecule has 1 saturated heterocycles. The Morgan fingerprint density at radius 3 is 3.10 bits per heavy atom. The van der Waals surface area contributed by atoms with Crippen molar-refractivity contribution in [2.75, 3.05) is 33.4 Å². The van der Waals surface area contributed by atoms with Gasteiger partial charge in [0.1, 0.15) is 19.2 Å². The van der Waals surface area contributed by atoms with Crippen molar-refractivity contribution in [3.05, 3.63) is 30.0 Å². The van der Waals surface area contributed by atoms with Crippen LogP contribution in [0, 0.1) is 0 Å². The van der Waals surface area contributed by atoms with Gasteiger partial charge in [-0.3, -0.25) is 4.68 Å². The Kier molecular flexibility index (Phi) is 2.98. The number of hydrogen-bond acceptors (Lipinski definition) is 3. The monoisotopic (exact) mass is 274 g/mol. The summed E-state index contributed by atoms with van der Waals surface area (Å²) in [6, 6.07) is 8.69. The Labute approximate surface area is 118 Å². The molecule has 0 spiro atoms. The molecular weight excluding hydrogens is 254 g/mol. The highest BCUT2D eigenvalue weighted by atomic mass is 16.5. The van der Waals surface area contributed by atoms with E-state index in [0.717, 1.165) is 38.4 Å². The number of nitrogens with one attached hydrogen (secondary N) is 1. The van der Waals surface area contributed by atoms with Crippen molar-refractivity contribution in [2.45, 2.75) is 18.7 Å². The van der Waals surface area contributed by atoms with Gasteiger partial charge in [0.2, 0.25) is 0 Å². The molecule has 1 N–H and O–H groups in total. The van der Waals surface area contributed by atoms with Crippen LogP contribution in [0.15, 0.2) is 24.3 Å². The van der Waals surface area contributed by atoms with Crippen LogP contribution >= 0.6 is 0 Å². The van der Waals surface area contributed by atoms with Crippen LogP contribution in [0.2, 0.25) is 0 Å². The van der Waals surface area contributed by atoms with E-state index in [1.165, 1.54) is 16.0 Å². The lowest BCUT2D eigenvalue weighted by Crippen LogP contribution is -3.16. The number of nitrogens with zero attached hydrogens (tertiary/aromatic N) is 2. The molecule has 106 valence electrons. The minimum absolute atomic E-state index is 0.0800. The Balaban J connectivity index is 1.80. The highest BCUT2D eigenvalue weighted by Crippen LogP contribution is 2.31. The summed E-state index contributed by atoms with van der Waals surface area (Å²) in [4.78, 5) is 1.49. The molecule has 1 unspecified atom stereocenters. The zero-order valence-electron chi connectivity index (χ0n) is 11.7. The van der Waals surface area contributed by atoms with Gasteiger partial charge in [0.25, 0.3) is 0 Å². The summed E-state index contributed by atoms with van der Waals surface area (Å²) >= 11 is 0. The van der Waals surface area contributed by atoms with Crippen molar-refractivity contribution in [1.82, 2.24) is 9.78 Å². The molecule has 2 aliphatic rings. The Bertz CT molecular complexity index is 625. The summed E-state index contributed by atoms with van der Waals surface area (Å²) in [7, 11) is 2.23. The fourth-order valence-corrected chi connectivity index (χ4v) is 3.34. The Hall–Kier alpha value is -1.43. The SMILES string of the molecule is C[NH+]1CCOC[C@H]1[C@H]1OCCn2nc3ccccc3c21. The first-order chi connectivity index (χ1) is 9.84. The first kappa shape index (κ1) is 12.3. The molecule has 0 saturated carbocycles. The number of rotatable bonds is 1. The average Bonchev–Trinajstić information content (AvgIpc) is 2.86. The molecule has 3 atom stereocenters. The first-order valence-corrected chi connectivity index (χ1v) is 7.32. The molecule has 1 aromatic carbocycles. The van der Waals surface area contributed by atoms with Gasteiger partial charge in [-0.05, 0) is 6.07 Å². The van der Waals surface area contributed by atoms with E-state index in [0.29, 0.717) is 6.04 Å². The van der Waals surface area contributed by atoms with E-state index in [9.17, 15) is 0 Å². The molecule has 2 aromatic rings. The summed E-state index contributed by atoms with van der Waals surface area (Å²) in [5.74, 6) is 0. The molecule has 5 heteroatoms. The van der Waals surface area contributed by atoms with Crippen LogP contribution in [0.5, 0.6) is 0 Å². The number of aromatic nitrogens is 2. The molecule has 3 heterocycles. The predicted octanol–water partition coefficient (Wildman–Crippen LogP) is 0.0211. The van der Waals surface area contributed by atoms with Gasteiger partial charge in [-0.1, -0.05) is 18.2 Å². The van der Waals surface area contributed by atoms with Crippen LogP contribution in [-0.2, 0) is 16.0 Å². The zero-order chi connectivity index (χ0) is 13.5. The molecule has 4 rings (SSSR count). The standard InChI is InChI=1S/C15H19N3O2/c1-17-6-8-19-10-13(17)15-14-11-4-2-3-5-12(11)16-18(14)7-9-20-15/h2-5,13,15H,6-10H2,1H3/p+1/t13-,15+/m0/s1. The van der Waals surface area contributed by atoms with Gasteiger partial charge < -0.3 is 14.4 Å². The normalized spacial score (nSPS) is 30.4. The zero-order valence-corrected chi connectivity index (χ0v) is 11.7. The second-order valence-electron chi connectivity index (χ2n) is 5.69. The van der Waals surface area contributed by atoms with Gasteiger partial charge in [0, 0.05) is 5.39 Å². The summed E-state index contributed by atoms with van der Waals surface area (Å²) in [6.07, 6.45) is 0.0800. The van der Waals surface area contributed by atoms with E-state index in [-0.39, 0.29) is 6.10 Å². The predicted molar refractivity (Wildman–Crippen MR) is 74.8 cm³/mol. The second-order valence-corrected chi connectivity index (χ2v) is 5.69. The molecule has 2 aliphatic heterocycles. The Morgan fingerprint density at radius 2 is 2.20 bits per heavy atom. The van der Waals surface area contributed by atoms with Crippen molar-refractivity contribution >= 4 is 10.9 Å². The van der Waals surface area contributed by atoms with E-state index in [1.807, 2.05) is 6.07 Å². The number of ether oxygens (including phenoxy) is 2. The quantitative estimate of drug-likeness (QED) is 0.797. The maximum Gasteiger partial charge on any atom is 0.154 e. The van der Waals surface area contributed by atoms with Crippen molar-refractivity contribution in [2.24, 2.45) is 0 Å². The lowest BCUT2D eigenvalue weighted by Gasteiger charge is -2.36. The Morgan fingerprint density at radius 1 is 1.30 bits per heavy atom. The highest BCUT2D eigenvalue weighted by molar-refractivity contribution is 5.82. The second kappa shape index (κ2) is 4.84. The highest BCUT2D eigenvalue weighted by Gasteiger charge is 2.38. The van der Waals surface area contributed by atoms with Crippen LogP contribution in [0.4, 0.5) is 0 Å². The number of quaternary nitrogens is 1.